The third-order valence-corrected chi connectivity index (χ3v) is 8.06. The number of anilines is 2. The smallest absolute Gasteiger partial charge is 0.209 e. The zero-order valence-electron chi connectivity index (χ0n) is 15.3. The van der Waals surface area contributed by atoms with Gasteiger partial charge in [0.2, 0.25) is 5.13 Å². The third kappa shape index (κ3) is 4.33. The molecule has 1 aliphatic heterocycles. The molecule has 0 saturated carbocycles. The Labute approximate surface area is 163 Å². The maximum atomic E-state index is 11.8. The van der Waals surface area contributed by atoms with Crippen molar-refractivity contribution >= 4 is 44.2 Å². The van der Waals surface area contributed by atoms with E-state index in [2.05, 4.69) is 37.3 Å². The first-order chi connectivity index (χ1) is 12.3. The fraction of sp³-hybridized carbons (Fsp3) is 0.529. The van der Waals surface area contributed by atoms with E-state index in [1.54, 1.807) is 0 Å². The van der Waals surface area contributed by atoms with Crippen LogP contribution in [0.5, 0.6) is 0 Å². The third-order valence-electron chi connectivity index (χ3n) is 5.07. The molecule has 2 heterocycles. The number of benzene rings is 1. The second-order valence-electron chi connectivity index (χ2n) is 6.82. The summed E-state index contributed by atoms with van der Waals surface area (Å²) < 4.78 is 26.1. The molecule has 6 nitrogen and oxygen atoms in total. The molecule has 0 spiro atoms. The van der Waals surface area contributed by atoms with Crippen molar-refractivity contribution in [3.8, 4) is 0 Å². The molecule has 1 fully saturated rings. The zero-order valence-corrected chi connectivity index (χ0v) is 17.7. The molecular formula is C17H25N4O2S3+. The normalized spacial score (nSPS) is 20.2. The Bertz CT molecular complexity index is 949. The SMILES string of the molecule is CC[NH+](Cn1nc(Nc2cccc(C)c2C)sc1=S)[C@H]1CCS(=O)(=O)C1. The van der Waals surface area contributed by atoms with Crippen LogP contribution < -0.4 is 10.2 Å². The van der Waals surface area contributed by atoms with E-state index in [0.717, 1.165) is 23.8 Å². The Morgan fingerprint density at radius 2 is 2.19 bits per heavy atom. The van der Waals surface area contributed by atoms with E-state index < -0.39 is 9.84 Å². The number of aryl methyl sites for hydroxylation is 1. The molecule has 1 saturated heterocycles. The second kappa shape index (κ2) is 7.75. The monoisotopic (exact) mass is 413 g/mol. The van der Waals surface area contributed by atoms with Crippen LogP contribution in [0.3, 0.4) is 0 Å². The fourth-order valence-electron chi connectivity index (χ4n) is 3.30. The van der Waals surface area contributed by atoms with Gasteiger partial charge < -0.3 is 10.2 Å². The van der Waals surface area contributed by atoms with Crippen molar-refractivity contribution in [2.24, 2.45) is 0 Å². The first-order valence-electron chi connectivity index (χ1n) is 8.75. The van der Waals surface area contributed by atoms with Crippen LogP contribution in [-0.4, -0.2) is 42.3 Å². The molecule has 2 N–H and O–H groups in total. The Morgan fingerprint density at radius 1 is 1.42 bits per heavy atom. The van der Waals surface area contributed by atoms with Gasteiger partial charge in [0.1, 0.15) is 11.8 Å². The van der Waals surface area contributed by atoms with Crippen molar-refractivity contribution in [3.63, 3.8) is 0 Å². The van der Waals surface area contributed by atoms with Crippen molar-refractivity contribution in [1.82, 2.24) is 9.78 Å². The molecule has 1 aromatic carbocycles. The highest BCUT2D eigenvalue weighted by Gasteiger charge is 2.35. The van der Waals surface area contributed by atoms with Gasteiger partial charge in [-0.2, -0.15) is 4.68 Å². The summed E-state index contributed by atoms with van der Waals surface area (Å²) in [6.45, 7) is 7.68. The van der Waals surface area contributed by atoms with Crippen LogP contribution in [0.1, 0.15) is 24.5 Å². The number of rotatable bonds is 6. The van der Waals surface area contributed by atoms with E-state index in [9.17, 15) is 8.42 Å². The van der Waals surface area contributed by atoms with Crippen molar-refractivity contribution in [2.45, 2.75) is 39.9 Å². The lowest BCUT2D eigenvalue weighted by Gasteiger charge is -2.23. The van der Waals surface area contributed by atoms with Crippen LogP contribution in [0, 0.1) is 17.8 Å². The Balaban J connectivity index is 1.75. The first-order valence-corrected chi connectivity index (χ1v) is 11.8. The number of sulfone groups is 1. The molecule has 2 aromatic rings. The average Bonchev–Trinajstić information content (AvgIpc) is 3.11. The molecule has 2 atom stereocenters. The van der Waals surface area contributed by atoms with Crippen LogP contribution in [0.25, 0.3) is 0 Å². The lowest BCUT2D eigenvalue weighted by molar-refractivity contribution is -0.943. The number of aromatic nitrogens is 2. The van der Waals surface area contributed by atoms with E-state index >= 15 is 0 Å². The lowest BCUT2D eigenvalue weighted by atomic mass is 10.1. The largest absolute Gasteiger partial charge is 0.330 e. The summed E-state index contributed by atoms with van der Waals surface area (Å²) in [5.74, 6) is 0.560. The second-order valence-corrected chi connectivity index (χ2v) is 10.7. The molecule has 1 unspecified atom stereocenters. The zero-order chi connectivity index (χ0) is 18.9. The van der Waals surface area contributed by atoms with Crippen LogP contribution in [0.15, 0.2) is 18.2 Å². The minimum absolute atomic E-state index is 0.129. The fourth-order valence-corrected chi connectivity index (χ4v) is 6.14. The molecule has 3 rings (SSSR count). The van der Waals surface area contributed by atoms with Gasteiger partial charge in [-0.25, -0.2) is 8.42 Å². The van der Waals surface area contributed by atoms with E-state index in [1.807, 2.05) is 16.8 Å². The maximum Gasteiger partial charge on any atom is 0.209 e. The highest BCUT2D eigenvalue weighted by Crippen LogP contribution is 2.24. The lowest BCUT2D eigenvalue weighted by Crippen LogP contribution is -3.15. The molecule has 26 heavy (non-hydrogen) atoms. The minimum Gasteiger partial charge on any atom is -0.330 e. The predicted molar refractivity (Wildman–Crippen MR) is 109 cm³/mol. The predicted octanol–water partition coefficient (Wildman–Crippen LogP) is 2.08. The van der Waals surface area contributed by atoms with Crippen molar-refractivity contribution < 1.29 is 13.3 Å². The van der Waals surface area contributed by atoms with Crippen LogP contribution >= 0.6 is 23.6 Å². The van der Waals surface area contributed by atoms with E-state index in [4.69, 9.17) is 12.2 Å². The Morgan fingerprint density at radius 3 is 2.85 bits per heavy atom. The van der Waals surface area contributed by atoms with E-state index in [-0.39, 0.29) is 11.8 Å². The Hall–Kier alpha value is -1.29. The molecular weight excluding hydrogens is 388 g/mol. The number of hydrogen-bond donors (Lipinski definition) is 2. The van der Waals surface area contributed by atoms with Gasteiger partial charge in [0.25, 0.3) is 0 Å². The average molecular weight is 414 g/mol. The van der Waals surface area contributed by atoms with Gasteiger partial charge in [-0.3, -0.25) is 0 Å². The molecule has 1 aromatic heterocycles. The summed E-state index contributed by atoms with van der Waals surface area (Å²) in [7, 11) is -2.88. The molecule has 0 radical (unpaired) electrons. The topological polar surface area (TPSA) is 68.4 Å². The van der Waals surface area contributed by atoms with E-state index in [1.165, 1.54) is 27.4 Å². The van der Waals surface area contributed by atoms with Gasteiger partial charge in [0.15, 0.2) is 20.5 Å². The summed E-state index contributed by atoms with van der Waals surface area (Å²) >= 11 is 6.92. The Kier molecular flexibility index (Phi) is 5.81. The van der Waals surface area contributed by atoms with Gasteiger partial charge in [-0.15, -0.1) is 5.10 Å². The van der Waals surface area contributed by atoms with Gasteiger partial charge >= 0.3 is 0 Å². The molecule has 9 heteroatoms. The maximum absolute atomic E-state index is 11.8. The molecule has 0 bridgehead atoms. The molecule has 0 amide bonds. The van der Waals surface area contributed by atoms with Gasteiger partial charge in [0.05, 0.1) is 12.3 Å². The summed E-state index contributed by atoms with van der Waals surface area (Å²) in [5, 5.41) is 8.75. The first kappa shape index (κ1) is 19.5. The number of quaternary nitrogens is 1. The highest BCUT2D eigenvalue weighted by atomic mass is 32.2. The van der Waals surface area contributed by atoms with Crippen LogP contribution in [0.2, 0.25) is 0 Å². The highest BCUT2D eigenvalue weighted by molar-refractivity contribution is 7.91. The van der Waals surface area contributed by atoms with Crippen molar-refractivity contribution in [3.05, 3.63) is 33.3 Å². The molecule has 0 aliphatic carbocycles. The summed E-state index contributed by atoms with van der Waals surface area (Å²) in [6.07, 6.45) is 0.719. The van der Waals surface area contributed by atoms with Crippen LogP contribution in [-0.2, 0) is 16.5 Å². The van der Waals surface area contributed by atoms with Gasteiger partial charge in [0, 0.05) is 12.1 Å². The van der Waals surface area contributed by atoms with Crippen molar-refractivity contribution in [2.75, 3.05) is 23.4 Å². The molecule has 1 aliphatic rings. The number of nitrogens with zero attached hydrogens (tertiary/aromatic N) is 2. The summed E-state index contributed by atoms with van der Waals surface area (Å²) in [6, 6.07) is 6.26. The summed E-state index contributed by atoms with van der Waals surface area (Å²) in [5.41, 5.74) is 3.45. The van der Waals surface area contributed by atoms with Crippen LogP contribution in [0.4, 0.5) is 10.8 Å². The van der Waals surface area contributed by atoms with E-state index in [0.29, 0.717) is 16.4 Å². The summed E-state index contributed by atoms with van der Waals surface area (Å²) in [4.78, 5) is 1.21. The minimum atomic E-state index is -2.88. The quantitative estimate of drug-likeness (QED) is 0.710. The standard InChI is InChI=1S/C17H24N4O2S3/c1-4-20(14-8-9-26(22,23)10-14)11-21-17(24)25-16(19-21)18-15-7-5-6-12(2)13(15)3/h5-7,14H,4,8-11H2,1-3H3,(H,18,19)/p+1/t14-/m0/s1. The van der Waals surface area contributed by atoms with Crippen molar-refractivity contribution in [1.29, 1.82) is 0 Å². The molecule has 142 valence electrons. The number of nitrogens with one attached hydrogen (secondary N) is 2. The number of hydrogen-bond acceptors (Lipinski definition) is 6. The van der Waals surface area contributed by atoms with Gasteiger partial charge in [-0.1, -0.05) is 23.5 Å². The van der Waals surface area contributed by atoms with Gasteiger partial charge in [-0.05, 0) is 50.2 Å².